The van der Waals surface area contributed by atoms with Crippen molar-refractivity contribution in [1.82, 2.24) is 24.1 Å². The summed E-state index contributed by atoms with van der Waals surface area (Å²) in [4.78, 5) is 15.4. The Hall–Kier alpha value is -6.07. The van der Waals surface area contributed by atoms with Crippen LogP contribution < -0.4 is 0 Å². The van der Waals surface area contributed by atoms with Gasteiger partial charge in [0.15, 0.2) is 11.6 Å². The van der Waals surface area contributed by atoms with Gasteiger partial charge in [-0.05, 0) is 77.6 Å². The highest BCUT2D eigenvalue weighted by atomic mass is 15.2. The highest BCUT2D eigenvalue weighted by molar-refractivity contribution is 6.28. The molecule has 0 amide bonds. The smallest absolute Gasteiger partial charge is 0.238 e. The number of fused-ring (bicyclic) bond motifs is 8. The molecule has 0 spiro atoms. The molecule has 6 aromatic carbocycles. The number of hydrogen-bond acceptors (Lipinski definition) is 3. The van der Waals surface area contributed by atoms with Crippen LogP contribution in [-0.2, 0) is 10.8 Å². The normalized spacial score (nSPS) is 16.4. The van der Waals surface area contributed by atoms with Crippen LogP contribution in [0, 0.1) is 12.8 Å². The first-order valence-corrected chi connectivity index (χ1v) is 19.1. The van der Waals surface area contributed by atoms with Crippen molar-refractivity contribution in [2.24, 2.45) is 5.92 Å². The number of aryl methyl sites for hydroxylation is 1. The fraction of sp³-hybridized carbons (Fsp3) is 0.204. The van der Waals surface area contributed by atoms with Crippen LogP contribution in [0.4, 0.5) is 0 Å². The molecule has 54 heavy (non-hydrogen) atoms. The van der Waals surface area contributed by atoms with Crippen molar-refractivity contribution < 1.29 is 0 Å². The summed E-state index contributed by atoms with van der Waals surface area (Å²) >= 11 is 0. The second kappa shape index (κ2) is 11.7. The van der Waals surface area contributed by atoms with E-state index < -0.39 is 0 Å². The topological polar surface area (TPSA) is 48.5 Å². The van der Waals surface area contributed by atoms with E-state index in [4.69, 9.17) is 15.0 Å². The minimum Gasteiger partial charge on any atom is -0.309 e. The number of nitrogens with zero attached hydrogens (tertiary/aromatic N) is 5. The Bertz CT molecular complexity index is 2930. The first-order chi connectivity index (χ1) is 26.1. The molecule has 1 unspecified atom stereocenters. The van der Waals surface area contributed by atoms with E-state index >= 15 is 0 Å². The SMILES string of the molecule is Cc1ccc(-c2nc(-c3ccccc3)nc(-n3c4ccccc4c4c5c6ccccc6n(-c6ccc7c(c6)C(C)(C)CC(C)C7(C)C)c5ccc43)n2)cc1. The Kier molecular flexibility index (Phi) is 7.07. The summed E-state index contributed by atoms with van der Waals surface area (Å²) in [6, 6.07) is 47.9. The van der Waals surface area contributed by atoms with E-state index in [1.165, 1.54) is 61.4 Å². The molecule has 0 radical (unpaired) electrons. The lowest BCUT2D eigenvalue weighted by Gasteiger charge is -2.46. The molecule has 0 fully saturated rings. The van der Waals surface area contributed by atoms with E-state index in [2.05, 4.69) is 166 Å². The maximum Gasteiger partial charge on any atom is 0.238 e. The molecule has 0 saturated carbocycles. The lowest BCUT2D eigenvalue weighted by atomic mass is 9.58. The third-order valence-electron chi connectivity index (χ3n) is 12.4. The summed E-state index contributed by atoms with van der Waals surface area (Å²) < 4.78 is 4.70. The molecule has 0 saturated heterocycles. The van der Waals surface area contributed by atoms with Gasteiger partial charge in [0, 0.05) is 38.4 Å². The zero-order chi connectivity index (χ0) is 36.9. The average molecular weight is 702 g/mol. The monoisotopic (exact) mass is 701 g/mol. The third-order valence-corrected chi connectivity index (χ3v) is 12.4. The van der Waals surface area contributed by atoms with Crippen LogP contribution in [0.25, 0.3) is 78.0 Å². The highest BCUT2D eigenvalue weighted by Crippen LogP contribution is 2.50. The quantitative estimate of drug-likeness (QED) is 0.183. The lowest BCUT2D eigenvalue weighted by molar-refractivity contribution is 0.233. The van der Waals surface area contributed by atoms with Crippen molar-refractivity contribution in [2.75, 3.05) is 0 Å². The van der Waals surface area contributed by atoms with Crippen molar-refractivity contribution in [3.8, 4) is 34.4 Å². The van der Waals surface area contributed by atoms with Gasteiger partial charge in [0.1, 0.15) is 0 Å². The molecule has 5 nitrogen and oxygen atoms in total. The van der Waals surface area contributed by atoms with Gasteiger partial charge >= 0.3 is 0 Å². The summed E-state index contributed by atoms with van der Waals surface area (Å²) in [6.45, 7) is 14.2. The van der Waals surface area contributed by atoms with Gasteiger partial charge < -0.3 is 4.57 Å². The van der Waals surface area contributed by atoms with Crippen LogP contribution in [0.2, 0.25) is 0 Å². The molecule has 10 rings (SSSR count). The van der Waals surface area contributed by atoms with Gasteiger partial charge in [-0.1, -0.05) is 137 Å². The summed E-state index contributed by atoms with van der Waals surface area (Å²) in [5.41, 5.74) is 11.9. The summed E-state index contributed by atoms with van der Waals surface area (Å²) in [5, 5.41) is 4.83. The van der Waals surface area contributed by atoms with Gasteiger partial charge in [0.05, 0.1) is 22.1 Å². The molecule has 5 heteroatoms. The minimum absolute atomic E-state index is 0.0836. The van der Waals surface area contributed by atoms with Gasteiger partial charge in [0.25, 0.3) is 0 Å². The molecule has 0 bridgehead atoms. The van der Waals surface area contributed by atoms with Crippen molar-refractivity contribution in [2.45, 2.75) is 58.8 Å². The van der Waals surface area contributed by atoms with E-state index in [-0.39, 0.29) is 10.8 Å². The van der Waals surface area contributed by atoms with Crippen LogP contribution in [0.5, 0.6) is 0 Å². The summed E-state index contributed by atoms with van der Waals surface area (Å²) in [7, 11) is 0. The fourth-order valence-electron chi connectivity index (χ4n) is 9.21. The van der Waals surface area contributed by atoms with Crippen LogP contribution in [0.3, 0.4) is 0 Å². The number of benzene rings is 6. The second-order valence-electron chi connectivity index (χ2n) is 16.5. The van der Waals surface area contributed by atoms with E-state index in [1.54, 1.807) is 0 Å². The molecule has 3 aromatic heterocycles. The van der Waals surface area contributed by atoms with Crippen molar-refractivity contribution in [3.05, 3.63) is 150 Å². The predicted octanol–water partition coefficient (Wildman–Crippen LogP) is 12.3. The molecular weight excluding hydrogens is 659 g/mol. The van der Waals surface area contributed by atoms with Crippen LogP contribution in [-0.4, -0.2) is 24.1 Å². The van der Waals surface area contributed by atoms with Gasteiger partial charge in [0.2, 0.25) is 5.95 Å². The molecule has 1 aliphatic rings. The molecular formula is C49H43N5. The standard InChI is InChI=1S/C49H43N5/c1-30-20-22-33(23-21-30)46-50-45(32-14-8-7-9-15-32)51-47(52-46)54-40-19-13-11-17-36(40)44-42(54)27-26-41-43(44)35-16-10-12-18-39(35)53(41)34-24-25-37-38(28-34)48(3,4)29-31(2)49(37,5)6/h7-28,31H,29H2,1-6H3. The molecule has 1 atom stereocenters. The van der Waals surface area contributed by atoms with Crippen molar-refractivity contribution in [3.63, 3.8) is 0 Å². The molecule has 9 aromatic rings. The van der Waals surface area contributed by atoms with Gasteiger partial charge in [-0.2, -0.15) is 9.97 Å². The molecule has 0 N–H and O–H groups in total. The third kappa shape index (κ3) is 4.80. The number of aromatic nitrogens is 5. The number of para-hydroxylation sites is 2. The first-order valence-electron chi connectivity index (χ1n) is 19.1. The van der Waals surface area contributed by atoms with Gasteiger partial charge in [-0.25, -0.2) is 4.98 Å². The zero-order valence-corrected chi connectivity index (χ0v) is 31.7. The number of rotatable bonds is 4. The fourth-order valence-corrected chi connectivity index (χ4v) is 9.21. The summed E-state index contributed by atoms with van der Waals surface area (Å²) in [6.07, 6.45) is 1.17. The maximum absolute atomic E-state index is 5.20. The van der Waals surface area contributed by atoms with Crippen LogP contribution in [0.15, 0.2) is 133 Å². The van der Waals surface area contributed by atoms with Crippen molar-refractivity contribution in [1.29, 1.82) is 0 Å². The Morgan fingerprint density at radius 2 is 1.09 bits per heavy atom. The average Bonchev–Trinajstić information content (AvgIpc) is 3.70. The lowest BCUT2D eigenvalue weighted by Crippen LogP contribution is -2.40. The Balaban J connectivity index is 1.27. The van der Waals surface area contributed by atoms with E-state index in [1.807, 2.05) is 18.2 Å². The Labute approximate surface area is 316 Å². The second-order valence-corrected chi connectivity index (χ2v) is 16.5. The van der Waals surface area contributed by atoms with Crippen LogP contribution in [0.1, 0.15) is 57.7 Å². The summed E-state index contributed by atoms with van der Waals surface area (Å²) in [5.74, 6) is 2.50. The highest BCUT2D eigenvalue weighted by Gasteiger charge is 2.42. The largest absolute Gasteiger partial charge is 0.309 e. The van der Waals surface area contributed by atoms with Gasteiger partial charge in [-0.15, -0.1) is 0 Å². The van der Waals surface area contributed by atoms with Crippen LogP contribution >= 0.6 is 0 Å². The first kappa shape index (κ1) is 32.6. The van der Waals surface area contributed by atoms with E-state index in [0.29, 0.717) is 23.5 Å². The predicted molar refractivity (Wildman–Crippen MR) is 224 cm³/mol. The Morgan fingerprint density at radius 3 is 1.74 bits per heavy atom. The van der Waals surface area contributed by atoms with Crippen molar-refractivity contribution >= 4 is 43.6 Å². The molecule has 1 aliphatic carbocycles. The molecule has 264 valence electrons. The van der Waals surface area contributed by atoms with E-state index in [9.17, 15) is 0 Å². The van der Waals surface area contributed by atoms with E-state index in [0.717, 1.165) is 22.2 Å². The number of hydrogen-bond donors (Lipinski definition) is 0. The molecule has 0 aliphatic heterocycles. The minimum atomic E-state index is 0.0836. The maximum atomic E-state index is 5.20. The Morgan fingerprint density at radius 1 is 0.537 bits per heavy atom. The zero-order valence-electron chi connectivity index (χ0n) is 31.7. The van der Waals surface area contributed by atoms with Gasteiger partial charge in [-0.3, -0.25) is 4.57 Å². The molecule has 3 heterocycles.